The number of ether oxygens (including phenoxy) is 1. The summed E-state index contributed by atoms with van der Waals surface area (Å²) in [4.78, 5) is 26.0. The Balaban J connectivity index is 1.77. The SMILES string of the molecule is CN1C(=O)CO[C@@H](C(=O)NCc2cccc(F)c2)[C@H]1c1ccc(F)cc1. The molecule has 2 aromatic rings. The zero-order valence-electron chi connectivity index (χ0n) is 14.1. The maximum Gasteiger partial charge on any atom is 0.251 e. The molecule has 2 amide bonds. The summed E-state index contributed by atoms with van der Waals surface area (Å²) in [5.41, 5.74) is 1.20. The first-order valence-corrected chi connectivity index (χ1v) is 8.10. The van der Waals surface area contributed by atoms with E-state index in [9.17, 15) is 18.4 Å². The Morgan fingerprint density at radius 3 is 2.62 bits per heavy atom. The van der Waals surface area contributed by atoms with Gasteiger partial charge in [0.15, 0.2) is 6.10 Å². The first-order chi connectivity index (χ1) is 12.5. The van der Waals surface area contributed by atoms with Crippen molar-refractivity contribution in [2.24, 2.45) is 0 Å². The molecule has 0 bridgehead atoms. The number of carbonyl (C=O) groups excluding carboxylic acids is 2. The number of nitrogens with zero attached hydrogens (tertiary/aromatic N) is 1. The number of hydrogen-bond donors (Lipinski definition) is 1. The van der Waals surface area contributed by atoms with Crippen LogP contribution in [0.15, 0.2) is 48.5 Å². The van der Waals surface area contributed by atoms with Crippen molar-refractivity contribution in [3.05, 3.63) is 71.3 Å². The Hall–Kier alpha value is -2.80. The lowest BCUT2D eigenvalue weighted by atomic mass is 9.97. The Morgan fingerprint density at radius 1 is 1.19 bits per heavy atom. The van der Waals surface area contributed by atoms with Crippen LogP contribution in [-0.2, 0) is 20.9 Å². The number of halogens is 2. The maximum absolute atomic E-state index is 13.2. The number of carbonyl (C=O) groups is 2. The van der Waals surface area contributed by atoms with Gasteiger partial charge in [0, 0.05) is 13.6 Å². The number of morpholine rings is 1. The quantitative estimate of drug-likeness (QED) is 0.909. The zero-order chi connectivity index (χ0) is 18.7. The van der Waals surface area contributed by atoms with Gasteiger partial charge in [-0.1, -0.05) is 24.3 Å². The first-order valence-electron chi connectivity index (χ1n) is 8.10. The van der Waals surface area contributed by atoms with Gasteiger partial charge in [-0.2, -0.15) is 0 Å². The molecule has 1 fully saturated rings. The smallest absolute Gasteiger partial charge is 0.251 e. The molecule has 0 spiro atoms. The molecule has 5 nitrogen and oxygen atoms in total. The number of amides is 2. The highest BCUT2D eigenvalue weighted by atomic mass is 19.1. The van der Waals surface area contributed by atoms with Crippen LogP contribution in [0, 0.1) is 11.6 Å². The third-order valence-corrected chi connectivity index (χ3v) is 4.31. The Labute approximate surface area is 149 Å². The topological polar surface area (TPSA) is 58.6 Å². The summed E-state index contributed by atoms with van der Waals surface area (Å²) in [6.45, 7) is -0.0868. The van der Waals surface area contributed by atoms with Gasteiger partial charge < -0.3 is 15.0 Å². The minimum Gasteiger partial charge on any atom is -0.356 e. The van der Waals surface area contributed by atoms with Crippen molar-refractivity contribution in [1.82, 2.24) is 10.2 Å². The van der Waals surface area contributed by atoms with Crippen LogP contribution < -0.4 is 5.32 Å². The number of rotatable bonds is 4. The molecule has 0 unspecified atom stereocenters. The second kappa shape index (κ2) is 7.61. The molecule has 2 aromatic carbocycles. The Bertz CT molecular complexity index is 811. The number of likely N-dealkylation sites (N-methyl/N-ethyl adjacent to an activating group) is 1. The minimum atomic E-state index is -0.947. The third kappa shape index (κ3) is 3.88. The van der Waals surface area contributed by atoms with Gasteiger partial charge in [-0.25, -0.2) is 8.78 Å². The van der Waals surface area contributed by atoms with E-state index >= 15 is 0 Å². The summed E-state index contributed by atoms with van der Waals surface area (Å²) in [5.74, 6) is -1.50. The van der Waals surface area contributed by atoms with E-state index < -0.39 is 23.9 Å². The van der Waals surface area contributed by atoms with Crippen LogP contribution >= 0.6 is 0 Å². The summed E-state index contributed by atoms with van der Waals surface area (Å²) in [6.07, 6.45) is -0.947. The van der Waals surface area contributed by atoms with Gasteiger partial charge >= 0.3 is 0 Å². The summed E-state index contributed by atoms with van der Waals surface area (Å²) < 4.78 is 31.9. The zero-order valence-corrected chi connectivity index (χ0v) is 14.1. The third-order valence-electron chi connectivity index (χ3n) is 4.31. The largest absolute Gasteiger partial charge is 0.356 e. The molecule has 1 N–H and O–H groups in total. The van der Waals surface area contributed by atoms with E-state index in [1.54, 1.807) is 19.2 Å². The molecule has 26 heavy (non-hydrogen) atoms. The molecule has 7 heteroatoms. The van der Waals surface area contributed by atoms with Gasteiger partial charge in [-0.15, -0.1) is 0 Å². The molecule has 0 radical (unpaired) electrons. The van der Waals surface area contributed by atoms with Gasteiger partial charge in [0.2, 0.25) is 5.91 Å². The fourth-order valence-corrected chi connectivity index (χ4v) is 2.93. The van der Waals surface area contributed by atoms with E-state index in [2.05, 4.69) is 5.32 Å². The average Bonchev–Trinajstić information content (AvgIpc) is 2.63. The maximum atomic E-state index is 13.2. The molecular weight excluding hydrogens is 342 g/mol. The van der Waals surface area contributed by atoms with Crippen LogP contribution in [0.1, 0.15) is 17.2 Å². The van der Waals surface area contributed by atoms with Crippen molar-refractivity contribution in [2.75, 3.05) is 13.7 Å². The van der Waals surface area contributed by atoms with E-state index in [-0.39, 0.29) is 24.9 Å². The molecule has 1 heterocycles. The highest BCUT2D eigenvalue weighted by Crippen LogP contribution is 2.29. The predicted molar refractivity (Wildman–Crippen MR) is 89.9 cm³/mol. The molecule has 136 valence electrons. The molecular formula is C19H18F2N2O3. The van der Waals surface area contributed by atoms with Gasteiger partial charge in [0.05, 0.1) is 6.04 Å². The van der Waals surface area contributed by atoms with E-state index in [1.165, 1.54) is 41.3 Å². The molecule has 0 aliphatic carbocycles. The predicted octanol–water partition coefficient (Wildman–Crippen LogP) is 2.18. The molecule has 1 saturated heterocycles. The highest BCUT2D eigenvalue weighted by molar-refractivity contribution is 5.86. The van der Waals surface area contributed by atoms with Gasteiger partial charge in [0.25, 0.3) is 5.91 Å². The number of benzene rings is 2. The standard InChI is InChI=1S/C19H18F2N2O3/c1-23-16(24)11-26-18(17(23)13-5-7-14(20)8-6-13)19(25)22-10-12-3-2-4-15(21)9-12/h2-9,17-18H,10-11H2,1H3,(H,22,25)/t17-,18-/m1/s1. The van der Waals surface area contributed by atoms with Crippen molar-refractivity contribution in [2.45, 2.75) is 18.7 Å². The van der Waals surface area contributed by atoms with Crippen molar-refractivity contribution in [3.8, 4) is 0 Å². The fourth-order valence-electron chi connectivity index (χ4n) is 2.93. The van der Waals surface area contributed by atoms with Crippen molar-refractivity contribution < 1.29 is 23.1 Å². The van der Waals surface area contributed by atoms with E-state index in [0.29, 0.717) is 11.1 Å². The molecule has 2 atom stereocenters. The van der Waals surface area contributed by atoms with Crippen LogP contribution in [0.2, 0.25) is 0 Å². The van der Waals surface area contributed by atoms with E-state index in [4.69, 9.17) is 4.74 Å². The monoisotopic (exact) mass is 360 g/mol. The lowest BCUT2D eigenvalue weighted by molar-refractivity contribution is -0.162. The summed E-state index contributed by atoms with van der Waals surface area (Å²) in [5, 5.41) is 2.70. The second-order valence-corrected chi connectivity index (χ2v) is 6.08. The van der Waals surface area contributed by atoms with Crippen LogP contribution in [0.25, 0.3) is 0 Å². The minimum absolute atomic E-state index is 0.129. The van der Waals surface area contributed by atoms with E-state index in [1.807, 2.05) is 0 Å². The normalized spacial score (nSPS) is 20.1. The second-order valence-electron chi connectivity index (χ2n) is 6.08. The summed E-state index contributed by atoms with van der Waals surface area (Å²) in [7, 11) is 1.58. The van der Waals surface area contributed by atoms with Gasteiger partial charge in [-0.3, -0.25) is 9.59 Å². The van der Waals surface area contributed by atoms with Crippen molar-refractivity contribution in [3.63, 3.8) is 0 Å². The Kier molecular flexibility index (Phi) is 5.27. The number of hydrogen-bond acceptors (Lipinski definition) is 3. The number of nitrogens with one attached hydrogen (secondary N) is 1. The van der Waals surface area contributed by atoms with Crippen molar-refractivity contribution >= 4 is 11.8 Å². The molecule has 3 rings (SSSR count). The van der Waals surface area contributed by atoms with Crippen molar-refractivity contribution in [1.29, 1.82) is 0 Å². The van der Waals surface area contributed by atoms with Gasteiger partial charge in [0.1, 0.15) is 18.2 Å². The summed E-state index contributed by atoms with van der Waals surface area (Å²) in [6, 6.07) is 10.8. The fraction of sp³-hybridized carbons (Fsp3) is 0.263. The Morgan fingerprint density at radius 2 is 1.92 bits per heavy atom. The highest BCUT2D eigenvalue weighted by Gasteiger charge is 2.39. The lowest BCUT2D eigenvalue weighted by Gasteiger charge is -2.38. The molecule has 0 aromatic heterocycles. The molecule has 1 aliphatic heterocycles. The lowest BCUT2D eigenvalue weighted by Crippen LogP contribution is -2.52. The van der Waals surface area contributed by atoms with Crippen LogP contribution in [0.3, 0.4) is 0 Å². The van der Waals surface area contributed by atoms with E-state index in [0.717, 1.165) is 0 Å². The molecule has 0 saturated carbocycles. The van der Waals surface area contributed by atoms with Gasteiger partial charge in [-0.05, 0) is 35.4 Å². The summed E-state index contributed by atoms with van der Waals surface area (Å²) >= 11 is 0. The van der Waals surface area contributed by atoms with Crippen LogP contribution in [-0.4, -0.2) is 36.5 Å². The average molecular weight is 360 g/mol. The van der Waals surface area contributed by atoms with Crippen LogP contribution in [0.5, 0.6) is 0 Å². The first kappa shape index (κ1) is 18.0. The van der Waals surface area contributed by atoms with Crippen LogP contribution in [0.4, 0.5) is 8.78 Å². The molecule has 1 aliphatic rings.